The Morgan fingerprint density at radius 1 is 1.44 bits per heavy atom. The fourth-order valence-corrected chi connectivity index (χ4v) is 1.59. The number of nitrogens with one attached hydrogen (secondary N) is 1. The number of aryl methyl sites for hydroxylation is 1. The summed E-state index contributed by atoms with van der Waals surface area (Å²) in [6.45, 7) is 0.829. The fourth-order valence-electron chi connectivity index (χ4n) is 1.39. The minimum Gasteiger partial charge on any atom is -0.377 e. The van der Waals surface area contributed by atoms with Crippen molar-refractivity contribution in [1.29, 1.82) is 0 Å². The third-order valence-electron chi connectivity index (χ3n) is 2.25. The van der Waals surface area contributed by atoms with E-state index in [1.807, 2.05) is 11.6 Å². The van der Waals surface area contributed by atoms with Crippen molar-refractivity contribution < 1.29 is 4.74 Å². The van der Waals surface area contributed by atoms with Crippen molar-refractivity contribution in [3.63, 3.8) is 0 Å². The lowest BCUT2D eigenvalue weighted by Gasteiger charge is -2.07. The molecule has 18 heavy (non-hydrogen) atoms. The number of ether oxygens (including phenoxy) is 1. The van der Waals surface area contributed by atoms with Crippen molar-refractivity contribution in [2.75, 3.05) is 12.4 Å². The van der Waals surface area contributed by atoms with Crippen LogP contribution < -0.4 is 5.32 Å². The van der Waals surface area contributed by atoms with Gasteiger partial charge in [-0.3, -0.25) is 0 Å². The number of anilines is 1. The van der Waals surface area contributed by atoms with Gasteiger partial charge in [0.25, 0.3) is 0 Å². The van der Waals surface area contributed by atoms with E-state index in [-0.39, 0.29) is 0 Å². The smallest absolute Gasteiger partial charge is 0.158 e. The monoisotopic (exact) mass is 268 g/mol. The predicted octanol–water partition coefficient (Wildman–Crippen LogP) is 1.02. The first-order chi connectivity index (χ1) is 8.69. The molecule has 7 nitrogen and oxygen atoms in total. The number of nitrogens with zero attached hydrogens (tertiary/aromatic N) is 5. The number of hydrogen-bond donors (Lipinski definition) is 1. The second kappa shape index (κ2) is 5.74. The van der Waals surface area contributed by atoms with Gasteiger partial charge in [-0.1, -0.05) is 11.6 Å². The van der Waals surface area contributed by atoms with E-state index >= 15 is 0 Å². The predicted molar refractivity (Wildman–Crippen MR) is 66.1 cm³/mol. The fraction of sp³-hybridized carbons (Fsp3) is 0.400. The Labute approximate surface area is 109 Å². The van der Waals surface area contributed by atoms with E-state index in [4.69, 9.17) is 16.3 Å². The molecule has 0 bridgehead atoms. The topological polar surface area (TPSA) is 77.8 Å². The van der Waals surface area contributed by atoms with Crippen molar-refractivity contribution in [2.45, 2.75) is 13.2 Å². The molecule has 0 radical (unpaired) electrons. The molecule has 96 valence electrons. The van der Waals surface area contributed by atoms with Gasteiger partial charge in [0.15, 0.2) is 11.6 Å². The Morgan fingerprint density at radius 2 is 2.28 bits per heavy atom. The minimum atomic E-state index is 0.319. The highest BCUT2D eigenvalue weighted by atomic mass is 35.5. The van der Waals surface area contributed by atoms with Crippen molar-refractivity contribution in [2.24, 2.45) is 7.05 Å². The van der Waals surface area contributed by atoms with Gasteiger partial charge in [-0.2, -0.15) is 0 Å². The number of halogens is 1. The van der Waals surface area contributed by atoms with Gasteiger partial charge in [0.2, 0.25) is 0 Å². The summed E-state index contributed by atoms with van der Waals surface area (Å²) in [5.41, 5.74) is 0. The number of aromatic nitrogens is 5. The van der Waals surface area contributed by atoms with Crippen LogP contribution in [0.5, 0.6) is 0 Å². The maximum Gasteiger partial charge on any atom is 0.158 e. The molecule has 2 aromatic rings. The Balaban J connectivity index is 2.07. The van der Waals surface area contributed by atoms with Crippen molar-refractivity contribution >= 4 is 17.4 Å². The zero-order chi connectivity index (χ0) is 13.0. The summed E-state index contributed by atoms with van der Waals surface area (Å²) in [7, 11) is 3.46. The minimum absolute atomic E-state index is 0.319. The van der Waals surface area contributed by atoms with Crippen LogP contribution in [0.4, 0.5) is 5.82 Å². The zero-order valence-electron chi connectivity index (χ0n) is 10.1. The molecule has 2 heterocycles. The summed E-state index contributed by atoms with van der Waals surface area (Å²) in [6, 6.07) is 1.65. The van der Waals surface area contributed by atoms with Gasteiger partial charge in [-0.15, -0.1) is 10.2 Å². The van der Waals surface area contributed by atoms with E-state index in [0.717, 1.165) is 5.82 Å². The first-order valence-corrected chi connectivity index (χ1v) is 5.66. The Morgan fingerprint density at radius 3 is 2.94 bits per heavy atom. The molecule has 0 saturated carbocycles. The van der Waals surface area contributed by atoms with Crippen LogP contribution in [0.3, 0.4) is 0 Å². The standard InChI is InChI=1S/C10H13ClN6O/c1-17-6-13-16-10(17)4-12-8-3-7(11)14-9(15-8)5-18-2/h3,6H,4-5H2,1-2H3,(H,12,14,15). The maximum atomic E-state index is 5.90. The molecule has 2 rings (SSSR count). The number of methoxy groups -OCH3 is 1. The molecule has 0 atom stereocenters. The Bertz CT molecular complexity index is 529. The van der Waals surface area contributed by atoms with Crippen LogP contribution in [-0.4, -0.2) is 31.8 Å². The third kappa shape index (κ3) is 3.14. The third-order valence-corrected chi connectivity index (χ3v) is 2.44. The van der Waals surface area contributed by atoms with Gasteiger partial charge >= 0.3 is 0 Å². The lowest BCUT2D eigenvalue weighted by molar-refractivity contribution is 0.178. The quantitative estimate of drug-likeness (QED) is 0.816. The van der Waals surface area contributed by atoms with Gasteiger partial charge < -0.3 is 14.6 Å². The van der Waals surface area contributed by atoms with Crippen LogP contribution >= 0.6 is 11.6 Å². The van der Waals surface area contributed by atoms with Gasteiger partial charge in [-0.25, -0.2) is 9.97 Å². The van der Waals surface area contributed by atoms with Crippen LogP contribution in [0.2, 0.25) is 5.15 Å². The van der Waals surface area contributed by atoms with Gasteiger partial charge in [0.1, 0.15) is 23.9 Å². The first-order valence-electron chi connectivity index (χ1n) is 5.28. The van der Waals surface area contributed by atoms with Crippen molar-refractivity contribution in [1.82, 2.24) is 24.7 Å². The first kappa shape index (κ1) is 12.7. The molecule has 0 spiro atoms. The molecule has 0 aromatic carbocycles. The summed E-state index contributed by atoms with van der Waals surface area (Å²) < 4.78 is 6.79. The van der Waals surface area contributed by atoms with E-state index in [9.17, 15) is 0 Å². The summed E-state index contributed by atoms with van der Waals surface area (Å²) in [6.07, 6.45) is 1.64. The molecule has 0 unspecified atom stereocenters. The molecular weight excluding hydrogens is 256 g/mol. The zero-order valence-corrected chi connectivity index (χ0v) is 10.8. The second-order valence-electron chi connectivity index (χ2n) is 3.64. The van der Waals surface area contributed by atoms with Crippen LogP contribution in [0.15, 0.2) is 12.4 Å². The summed E-state index contributed by atoms with van der Waals surface area (Å²) in [5, 5.41) is 11.2. The van der Waals surface area contributed by atoms with E-state index in [1.165, 1.54) is 0 Å². The molecule has 0 saturated heterocycles. The molecule has 0 aliphatic carbocycles. The summed E-state index contributed by atoms with van der Waals surface area (Å²) in [5.74, 6) is 1.97. The van der Waals surface area contributed by atoms with Crippen LogP contribution in [0, 0.1) is 0 Å². The Kier molecular flexibility index (Phi) is 4.06. The molecular formula is C10H13ClN6O. The highest BCUT2D eigenvalue weighted by Crippen LogP contribution is 2.12. The number of hydrogen-bond acceptors (Lipinski definition) is 6. The second-order valence-corrected chi connectivity index (χ2v) is 4.02. The number of rotatable bonds is 5. The van der Waals surface area contributed by atoms with Crippen LogP contribution in [0.1, 0.15) is 11.6 Å². The summed E-state index contributed by atoms with van der Waals surface area (Å²) >= 11 is 5.90. The van der Waals surface area contributed by atoms with Gasteiger partial charge in [0.05, 0.1) is 6.54 Å². The highest BCUT2D eigenvalue weighted by Gasteiger charge is 2.05. The van der Waals surface area contributed by atoms with E-state index < -0.39 is 0 Å². The normalized spacial score (nSPS) is 10.6. The van der Waals surface area contributed by atoms with Crippen molar-refractivity contribution in [3.8, 4) is 0 Å². The highest BCUT2D eigenvalue weighted by molar-refractivity contribution is 6.29. The van der Waals surface area contributed by atoms with Crippen LogP contribution in [0.25, 0.3) is 0 Å². The summed E-state index contributed by atoms with van der Waals surface area (Å²) in [4.78, 5) is 8.31. The van der Waals surface area contributed by atoms with E-state index in [0.29, 0.717) is 29.9 Å². The molecule has 1 N–H and O–H groups in total. The van der Waals surface area contributed by atoms with Crippen LogP contribution in [-0.2, 0) is 24.9 Å². The van der Waals surface area contributed by atoms with Gasteiger partial charge in [0, 0.05) is 20.2 Å². The molecule has 0 aliphatic rings. The largest absolute Gasteiger partial charge is 0.377 e. The van der Waals surface area contributed by atoms with Crippen molar-refractivity contribution in [3.05, 3.63) is 29.2 Å². The average Bonchev–Trinajstić information content (AvgIpc) is 2.72. The van der Waals surface area contributed by atoms with E-state index in [1.54, 1.807) is 19.5 Å². The lowest BCUT2D eigenvalue weighted by atomic mass is 10.5. The van der Waals surface area contributed by atoms with E-state index in [2.05, 4.69) is 25.5 Å². The molecule has 0 fully saturated rings. The lowest BCUT2D eigenvalue weighted by Crippen LogP contribution is -2.08. The maximum absolute atomic E-state index is 5.90. The average molecular weight is 269 g/mol. The van der Waals surface area contributed by atoms with Gasteiger partial charge in [-0.05, 0) is 0 Å². The SMILES string of the molecule is COCc1nc(Cl)cc(NCc2nncn2C)n1. The molecule has 2 aromatic heterocycles. The molecule has 8 heteroatoms. The Hall–Kier alpha value is -1.73. The molecule has 0 amide bonds. The molecule has 0 aliphatic heterocycles.